The van der Waals surface area contributed by atoms with Gasteiger partial charge in [-0.05, 0) is 50.4 Å². The number of rotatable bonds is 3. The van der Waals surface area contributed by atoms with Crippen LogP contribution in [0.3, 0.4) is 0 Å². The topological polar surface area (TPSA) is 29.5 Å². The van der Waals surface area contributed by atoms with E-state index in [4.69, 9.17) is 4.74 Å². The van der Waals surface area contributed by atoms with E-state index >= 15 is 0 Å². The number of aliphatic hydroxyl groups excluding tert-OH is 1. The first kappa shape index (κ1) is 11.4. The van der Waals surface area contributed by atoms with Crippen LogP contribution in [0.4, 0.5) is 0 Å². The fraction of sp³-hybridized carbons (Fsp3) is 1.00. The molecule has 0 aromatic carbocycles. The summed E-state index contributed by atoms with van der Waals surface area (Å²) in [5, 5.41) is 9.91. The van der Waals surface area contributed by atoms with Crippen molar-refractivity contribution in [3.63, 3.8) is 0 Å². The zero-order chi connectivity index (χ0) is 10.8. The molecule has 2 aliphatic rings. The standard InChI is InChI=1S/C13H24O2/c1-9(2)10-6-7-12(14)13(8-10)15-11-4-3-5-11/h9-14H,3-8H2,1-2H3. The Morgan fingerprint density at radius 3 is 2.40 bits per heavy atom. The maximum absolute atomic E-state index is 9.91. The average molecular weight is 212 g/mol. The molecule has 1 N–H and O–H groups in total. The molecule has 0 aromatic rings. The van der Waals surface area contributed by atoms with Crippen LogP contribution in [0.15, 0.2) is 0 Å². The molecule has 2 saturated carbocycles. The quantitative estimate of drug-likeness (QED) is 0.779. The van der Waals surface area contributed by atoms with Crippen LogP contribution >= 0.6 is 0 Å². The van der Waals surface area contributed by atoms with Gasteiger partial charge < -0.3 is 9.84 Å². The van der Waals surface area contributed by atoms with Gasteiger partial charge in [0.2, 0.25) is 0 Å². The second-order valence-corrected chi connectivity index (χ2v) is 5.61. The molecule has 2 rings (SSSR count). The lowest BCUT2D eigenvalue weighted by atomic mass is 9.79. The van der Waals surface area contributed by atoms with Gasteiger partial charge in [0.05, 0.1) is 18.3 Å². The summed E-state index contributed by atoms with van der Waals surface area (Å²) in [4.78, 5) is 0. The zero-order valence-corrected chi connectivity index (χ0v) is 9.98. The minimum Gasteiger partial charge on any atom is -0.390 e. The van der Waals surface area contributed by atoms with Gasteiger partial charge in [0.25, 0.3) is 0 Å². The summed E-state index contributed by atoms with van der Waals surface area (Å²) >= 11 is 0. The first-order chi connectivity index (χ1) is 7.16. The van der Waals surface area contributed by atoms with Crippen LogP contribution in [0.5, 0.6) is 0 Å². The van der Waals surface area contributed by atoms with Crippen molar-refractivity contribution in [1.82, 2.24) is 0 Å². The minimum absolute atomic E-state index is 0.122. The molecule has 0 bridgehead atoms. The van der Waals surface area contributed by atoms with Crippen molar-refractivity contribution in [2.75, 3.05) is 0 Å². The minimum atomic E-state index is -0.208. The number of hydrogen-bond acceptors (Lipinski definition) is 2. The summed E-state index contributed by atoms with van der Waals surface area (Å²) < 4.78 is 5.97. The molecule has 0 amide bonds. The van der Waals surface area contributed by atoms with Gasteiger partial charge in [-0.2, -0.15) is 0 Å². The third-order valence-electron chi connectivity index (χ3n) is 4.16. The van der Waals surface area contributed by atoms with Crippen molar-refractivity contribution in [1.29, 1.82) is 0 Å². The molecular formula is C13H24O2. The summed E-state index contributed by atoms with van der Waals surface area (Å²) in [5.41, 5.74) is 0. The van der Waals surface area contributed by atoms with E-state index in [1.165, 1.54) is 25.7 Å². The fourth-order valence-electron chi connectivity index (χ4n) is 2.65. The highest BCUT2D eigenvalue weighted by Crippen LogP contribution is 2.34. The molecule has 2 heteroatoms. The molecule has 15 heavy (non-hydrogen) atoms. The van der Waals surface area contributed by atoms with E-state index in [2.05, 4.69) is 13.8 Å². The van der Waals surface area contributed by atoms with E-state index in [9.17, 15) is 5.11 Å². The molecule has 3 unspecified atom stereocenters. The number of ether oxygens (including phenoxy) is 1. The molecule has 88 valence electrons. The van der Waals surface area contributed by atoms with E-state index in [-0.39, 0.29) is 12.2 Å². The van der Waals surface area contributed by atoms with Crippen molar-refractivity contribution >= 4 is 0 Å². The van der Waals surface area contributed by atoms with Gasteiger partial charge in [-0.15, -0.1) is 0 Å². The lowest BCUT2D eigenvalue weighted by Gasteiger charge is -2.39. The predicted octanol–water partition coefficient (Wildman–Crippen LogP) is 2.74. The highest BCUT2D eigenvalue weighted by Gasteiger charge is 2.34. The second-order valence-electron chi connectivity index (χ2n) is 5.61. The van der Waals surface area contributed by atoms with Crippen LogP contribution in [0.1, 0.15) is 52.4 Å². The zero-order valence-electron chi connectivity index (χ0n) is 9.98. The highest BCUT2D eigenvalue weighted by atomic mass is 16.5. The monoisotopic (exact) mass is 212 g/mol. The molecule has 0 spiro atoms. The Labute approximate surface area is 93.0 Å². The van der Waals surface area contributed by atoms with Gasteiger partial charge >= 0.3 is 0 Å². The molecular weight excluding hydrogens is 188 g/mol. The van der Waals surface area contributed by atoms with Crippen LogP contribution in [0.2, 0.25) is 0 Å². The van der Waals surface area contributed by atoms with Gasteiger partial charge in [0, 0.05) is 0 Å². The largest absolute Gasteiger partial charge is 0.390 e. The van der Waals surface area contributed by atoms with Crippen molar-refractivity contribution in [3.8, 4) is 0 Å². The van der Waals surface area contributed by atoms with Crippen molar-refractivity contribution in [2.45, 2.75) is 70.7 Å². The maximum Gasteiger partial charge on any atom is 0.0840 e. The lowest BCUT2D eigenvalue weighted by molar-refractivity contribution is -0.127. The van der Waals surface area contributed by atoms with E-state index in [0.717, 1.165) is 24.7 Å². The SMILES string of the molecule is CC(C)C1CCC(O)C(OC2CCC2)C1. The normalized spacial score (nSPS) is 38.0. The van der Waals surface area contributed by atoms with Gasteiger partial charge in [0.15, 0.2) is 0 Å². The Bertz CT molecular complexity index is 199. The summed E-state index contributed by atoms with van der Waals surface area (Å²) in [6, 6.07) is 0. The van der Waals surface area contributed by atoms with Crippen molar-refractivity contribution in [3.05, 3.63) is 0 Å². The van der Waals surface area contributed by atoms with Crippen LogP contribution < -0.4 is 0 Å². The third-order valence-corrected chi connectivity index (χ3v) is 4.16. The summed E-state index contributed by atoms with van der Waals surface area (Å²) in [5.74, 6) is 1.48. The Kier molecular flexibility index (Phi) is 3.68. The van der Waals surface area contributed by atoms with E-state index in [0.29, 0.717) is 6.10 Å². The summed E-state index contributed by atoms with van der Waals surface area (Å²) in [7, 11) is 0. The van der Waals surface area contributed by atoms with Crippen LogP contribution in [-0.4, -0.2) is 23.4 Å². The number of aliphatic hydroxyl groups is 1. The first-order valence-corrected chi connectivity index (χ1v) is 6.50. The van der Waals surface area contributed by atoms with E-state index in [1.54, 1.807) is 0 Å². The van der Waals surface area contributed by atoms with Gasteiger partial charge in [-0.25, -0.2) is 0 Å². The van der Waals surface area contributed by atoms with Crippen molar-refractivity contribution < 1.29 is 9.84 Å². The first-order valence-electron chi connectivity index (χ1n) is 6.50. The second kappa shape index (κ2) is 4.84. The lowest BCUT2D eigenvalue weighted by Crippen LogP contribution is -2.41. The smallest absolute Gasteiger partial charge is 0.0840 e. The van der Waals surface area contributed by atoms with Crippen LogP contribution in [0, 0.1) is 11.8 Å². The number of hydrogen-bond donors (Lipinski definition) is 1. The van der Waals surface area contributed by atoms with Gasteiger partial charge in [0.1, 0.15) is 0 Å². The molecule has 2 fully saturated rings. The Balaban J connectivity index is 1.84. The van der Waals surface area contributed by atoms with Gasteiger partial charge in [-0.1, -0.05) is 13.8 Å². The predicted molar refractivity (Wildman–Crippen MR) is 60.7 cm³/mol. The third kappa shape index (κ3) is 2.73. The van der Waals surface area contributed by atoms with E-state index in [1.807, 2.05) is 0 Å². The highest BCUT2D eigenvalue weighted by molar-refractivity contribution is 4.84. The Morgan fingerprint density at radius 2 is 1.87 bits per heavy atom. The maximum atomic E-state index is 9.91. The molecule has 0 saturated heterocycles. The molecule has 0 heterocycles. The summed E-state index contributed by atoms with van der Waals surface area (Å²) in [6.07, 6.45) is 7.25. The molecule has 0 aliphatic heterocycles. The average Bonchev–Trinajstić information content (AvgIpc) is 2.13. The molecule has 0 aromatic heterocycles. The Hall–Kier alpha value is -0.0800. The molecule has 2 aliphatic carbocycles. The van der Waals surface area contributed by atoms with Crippen molar-refractivity contribution in [2.24, 2.45) is 11.8 Å². The van der Waals surface area contributed by atoms with Crippen LogP contribution in [-0.2, 0) is 4.74 Å². The fourth-order valence-corrected chi connectivity index (χ4v) is 2.65. The van der Waals surface area contributed by atoms with Crippen LogP contribution in [0.25, 0.3) is 0 Å². The molecule has 0 radical (unpaired) electrons. The Morgan fingerprint density at radius 1 is 1.13 bits per heavy atom. The molecule has 2 nitrogen and oxygen atoms in total. The van der Waals surface area contributed by atoms with E-state index < -0.39 is 0 Å². The summed E-state index contributed by atoms with van der Waals surface area (Å²) in [6.45, 7) is 4.56. The molecule has 3 atom stereocenters. The van der Waals surface area contributed by atoms with Gasteiger partial charge in [-0.3, -0.25) is 0 Å².